The zero-order valence-electron chi connectivity index (χ0n) is 11.4. The van der Waals surface area contributed by atoms with Crippen molar-refractivity contribution in [2.75, 3.05) is 23.7 Å². The van der Waals surface area contributed by atoms with Crippen LogP contribution in [0.2, 0.25) is 5.02 Å². The highest BCUT2D eigenvalue weighted by molar-refractivity contribution is 6.33. The van der Waals surface area contributed by atoms with E-state index in [1.54, 1.807) is 6.20 Å². The van der Waals surface area contributed by atoms with E-state index in [0.29, 0.717) is 23.3 Å². The maximum absolute atomic E-state index is 6.05. The second-order valence-corrected chi connectivity index (χ2v) is 4.86. The Labute approximate surface area is 124 Å². The van der Waals surface area contributed by atoms with Gasteiger partial charge in [-0.1, -0.05) is 29.2 Å². The molecule has 1 aromatic heterocycles. The lowest BCUT2D eigenvalue weighted by atomic mass is 9.96. The molecule has 4 N–H and O–H groups in total. The number of benzene rings is 1. The molecule has 0 unspecified atom stereocenters. The van der Waals surface area contributed by atoms with Gasteiger partial charge in [0, 0.05) is 12.2 Å². The third kappa shape index (κ3) is 4.11. The van der Waals surface area contributed by atoms with E-state index >= 15 is 0 Å². The molecular weight excluding hydrogens is 272 g/mol. The summed E-state index contributed by atoms with van der Waals surface area (Å²) >= 11 is 6.05. The lowest BCUT2D eigenvalue weighted by molar-refractivity contribution is 0.869. The van der Waals surface area contributed by atoms with Gasteiger partial charge in [0.2, 0.25) is 5.95 Å². The number of nitrogens with one attached hydrogen (secondary N) is 2. The van der Waals surface area contributed by atoms with E-state index in [4.69, 9.17) is 17.3 Å². The van der Waals surface area contributed by atoms with E-state index in [2.05, 4.69) is 20.6 Å². The van der Waals surface area contributed by atoms with Gasteiger partial charge in [0.05, 0.1) is 6.20 Å². The molecule has 5 nitrogen and oxygen atoms in total. The molecule has 0 bridgehead atoms. The van der Waals surface area contributed by atoms with Gasteiger partial charge < -0.3 is 16.4 Å². The Bertz CT molecular complexity index is 561. The van der Waals surface area contributed by atoms with Gasteiger partial charge >= 0.3 is 0 Å². The van der Waals surface area contributed by atoms with E-state index in [9.17, 15) is 0 Å². The Morgan fingerprint density at radius 2 is 2.00 bits per heavy atom. The maximum Gasteiger partial charge on any atom is 0.229 e. The highest BCUT2D eigenvalue weighted by Gasteiger charge is 2.05. The molecule has 0 aliphatic heterocycles. The van der Waals surface area contributed by atoms with Crippen LogP contribution in [-0.4, -0.2) is 30.9 Å². The quantitative estimate of drug-likeness (QED) is 0.544. The third-order valence-electron chi connectivity index (χ3n) is 2.73. The van der Waals surface area contributed by atoms with Crippen LogP contribution in [0.5, 0.6) is 0 Å². The zero-order valence-corrected chi connectivity index (χ0v) is 12.1. The summed E-state index contributed by atoms with van der Waals surface area (Å²) in [7, 11) is 2.04. The average molecular weight is 290 g/mol. The summed E-state index contributed by atoms with van der Waals surface area (Å²) in [5.74, 6) is 1.12. The van der Waals surface area contributed by atoms with Crippen molar-refractivity contribution in [1.82, 2.24) is 9.97 Å². The van der Waals surface area contributed by atoms with Crippen LogP contribution in [0.4, 0.5) is 17.5 Å². The predicted molar refractivity (Wildman–Crippen MR) is 87.1 cm³/mol. The molecule has 7 heteroatoms. The average Bonchev–Trinajstić information content (AvgIpc) is 2.45. The van der Waals surface area contributed by atoms with Gasteiger partial charge in [0.1, 0.15) is 18.7 Å². The maximum atomic E-state index is 6.05. The van der Waals surface area contributed by atoms with Gasteiger partial charge in [-0.25, -0.2) is 4.98 Å². The minimum absolute atomic E-state index is 0.497. The summed E-state index contributed by atoms with van der Waals surface area (Å²) in [6.45, 7) is 1.36. The topological polar surface area (TPSA) is 75.9 Å². The van der Waals surface area contributed by atoms with Crippen molar-refractivity contribution in [3.05, 3.63) is 35.5 Å². The molecule has 104 valence electrons. The van der Waals surface area contributed by atoms with E-state index in [0.717, 1.165) is 18.7 Å². The van der Waals surface area contributed by atoms with Crippen LogP contribution in [0.3, 0.4) is 0 Å². The fourth-order valence-corrected chi connectivity index (χ4v) is 1.78. The summed E-state index contributed by atoms with van der Waals surface area (Å²) < 4.78 is 0. The highest BCUT2D eigenvalue weighted by Crippen LogP contribution is 2.20. The van der Waals surface area contributed by atoms with E-state index in [1.165, 1.54) is 5.46 Å². The molecule has 1 heterocycles. The number of nitrogens with zero attached hydrogens (tertiary/aromatic N) is 2. The first kappa shape index (κ1) is 14.6. The summed E-state index contributed by atoms with van der Waals surface area (Å²) in [6.07, 6.45) is 2.44. The second kappa shape index (κ2) is 7.12. The molecule has 20 heavy (non-hydrogen) atoms. The van der Waals surface area contributed by atoms with Gasteiger partial charge in [-0.2, -0.15) is 4.98 Å². The zero-order chi connectivity index (χ0) is 14.4. The van der Waals surface area contributed by atoms with Crippen molar-refractivity contribution >= 4 is 42.4 Å². The number of nitrogens with two attached hydrogens (primary N) is 1. The monoisotopic (exact) mass is 289 g/mol. The normalized spacial score (nSPS) is 10.3. The summed E-state index contributed by atoms with van der Waals surface area (Å²) in [5.41, 5.74) is 7.60. The number of anilines is 3. The Hall–Kier alpha value is -1.79. The summed E-state index contributed by atoms with van der Waals surface area (Å²) in [6, 6.07) is 8.01. The fraction of sp³-hybridized carbons (Fsp3) is 0.231. The molecule has 0 saturated carbocycles. The lowest BCUT2D eigenvalue weighted by Crippen LogP contribution is -2.10. The van der Waals surface area contributed by atoms with Crippen molar-refractivity contribution in [3.8, 4) is 0 Å². The molecular formula is C13H17BClN5. The van der Waals surface area contributed by atoms with Crippen LogP contribution in [0.25, 0.3) is 0 Å². The number of rotatable bonds is 6. The molecule has 0 radical (unpaired) electrons. The third-order valence-corrected chi connectivity index (χ3v) is 3.00. The van der Waals surface area contributed by atoms with Crippen LogP contribution in [0.15, 0.2) is 30.5 Å². The van der Waals surface area contributed by atoms with E-state index in [-0.39, 0.29) is 0 Å². The van der Waals surface area contributed by atoms with Gasteiger partial charge in [0.15, 0.2) is 0 Å². The van der Waals surface area contributed by atoms with Gasteiger partial charge in [-0.05, 0) is 25.1 Å². The van der Waals surface area contributed by atoms with Crippen LogP contribution in [-0.2, 0) is 0 Å². The molecule has 1 aromatic carbocycles. The van der Waals surface area contributed by atoms with Crippen molar-refractivity contribution in [3.63, 3.8) is 0 Å². The lowest BCUT2D eigenvalue weighted by Gasteiger charge is -2.09. The molecule has 0 spiro atoms. The van der Waals surface area contributed by atoms with Crippen LogP contribution in [0.1, 0.15) is 6.42 Å². The summed E-state index contributed by atoms with van der Waals surface area (Å²) in [5, 5.41) is 6.79. The number of aromatic nitrogens is 2. The standard InChI is InChI=1S/C13H17BClN5/c14-9-2-4-10(5-3-9)19-13-18-8-11(15)12(20-13)17-7-1-6-16/h2-5,8H,1,6-7,14,16H2,(H2,17,18,19,20). The van der Waals surface area contributed by atoms with Crippen molar-refractivity contribution in [1.29, 1.82) is 0 Å². The minimum Gasteiger partial charge on any atom is -0.369 e. The van der Waals surface area contributed by atoms with Crippen molar-refractivity contribution < 1.29 is 0 Å². The van der Waals surface area contributed by atoms with Crippen LogP contribution in [0, 0.1) is 0 Å². The highest BCUT2D eigenvalue weighted by atomic mass is 35.5. The largest absolute Gasteiger partial charge is 0.369 e. The van der Waals surface area contributed by atoms with Crippen molar-refractivity contribution in [2.45, 2.75) is 6.42 Å². The van der Waals surface area contributed by atoms with Gasteiger partial charge in [0.25, 0.3) is 0 Å². The first-order valence-electron chi connectivity index (χ1n) is 6.49. The Kier molecular flexibility index (Phi) is 5.20. The van der Waals surface area contributed by atoms with Crippen LogP contribution >= 0.6 is 11.6 Å². The molecule has 0 amide bonds. The Morgan fingerprint density at radius 1 is 1.25 bits per heavy atom. The van der Waals surface area contributed by atoms with Gasteiger partial charge in [-0.3, -0.25) is 0 Å². The van der Waals surface area contributed by atoms with Crippen molar-refractivity contribution in [2.24, 2.45) is 5.73 Å². The van der Waals surface area contributed by atoms with Gasteiger partial charge in [-0.15, -0.1) is 0 Å². The number of hydrogen-bond donors (Lipinski definition) is 3. The summed E-state index contributed by atoms with van der Waals surface area (Å²) in [4.78, 5) is 8.52. The smallest absolute Gasteiger partial charge is 0.229 e. The molecule has 0 aliphatic rings. The van der Waals surface area contributed by atoms with Crippen LogP contribution < -0.4 is 21.8 Å². The second-order valence-electron chi connectivity index (χ2n) is 4.45. The van der Waals surface area contributed by atoms with E-state index < -0.39 is 0 Å². The Balaban J connectivity index is 2.08. The Morgan fingerprint density at radius 3 is 2.70 bits per heavy atom. The van der Waals surface area contributed by atoms with E-state index in [1.807, 2.05) is 32.1 Å². The molecule has 0 saturated heterocycles. The first-order chi connectivity index (χ1) is 9.69. The number of hydrogen-bond acceptors (Lipinski definition) is 5. The molecule has 0 aliphatic carbocycles. The molecule has 2 aromatic rings. The number of halogens is 1. The minimum atomic E-state index is 0.497. The fourth-order valence-electron chi connectivity index (χ4n) is 1.63. The molecule has 2 rings (SSSR count). The predicted octanol–water partition coefficient (Wildman–Crippen LogP) is 0.893. The first-order valence-corrected chi connectivity index (χ1v) is 6.87. The SMILES string of the molecule is Bc1ccc(Nc2ncc(Cl)c(NCCCN)n2)cc1. The molecule has 0 fully saturated rings. The molecule has 0 atom stereocenters.